The first-order valence-corrected chi connectivity index (χ1v) is 9.09. The summed E-state index contributed by atoms with van der Waals surface area (Å²) in [5, 5.41) is 0.673. The van der Waals surface area contributed by atoms with Crippen LogP contribution in [0, 0.1) is 6.92 Å². The Morgan fingerprint density at radius 2 is 1.76 bits per heavy atom. The van der Waals surface area contributed by atoms with Gasteiger partial charge in [-0.3, -0.25) is 0 Å². The number of aromatic nitrogens is 1. The number of hydrogen-bond donors (Lipinski definition) is 0. The molecule has 0 saturated heterocycles. The zero-order valence-electron chi connectivity index (χ0n) is 13.9. The van der Waals surface area contributed by atoms with Crippen LogP contribution < -0.4 is 0 Å². The van der Waals surface area contributed by atoms with Crippen LogP contribution in [0.3, 0.4) is 0 Å². The van der Waals surface area contributed by atoms with Gasteiger partial charge in [-0.05, 0) is 55.8 Å². The average Bonchev–Trinajstić information content (AvgIpc) is 2.94. The van der Waals surface area contributed by atoms with Crippen molar-refractivity contribution in [2.75, 3.05) is 6.61 Å². The lowest BCUT2D eigenvalue weighted by molar-refractivity contribution is 0.0526. The number of halogens is 2. The zero-order valence-corrected chi connectivity index (χ0v) is 16.3. The van der Waals surface area contributed by atoms with Gasteiger partial charge in [0.1, 0.15) is 0 Å². The van der Waals surface area contributed by atoms with Crippen molar-refractivity contribution in [3.8, 4) is 16.8 Å². The summed E-state index contributed by atoms with van der Waals surface area (Å²) in [6, 6.07) is 15.4. The number of ether oxygens (including phenoxy) is 1. The van der Waals surface area contributed by atoms with Gasteiger partial charge in [-0.15, -0.1) is 0 Å². The molecule has 3 aromatic rings. The molecule has 0 fully saturated rings. The summed E-state index contributed by atoms with van der Waals surface area (Å²) in [7, 11) is 0. The fourth-order valence-corrected chi connectivity index (χ4v) is 3.18. The molecule has 0 spiro atoms. The van der Waals surface area contributed by atoms with E-state index in [2.05, 4.69) is 15.9 Å². The van der Waals surface area contributed by atoms with E-state index in [9.17, 15) is 4.79 Å². The predicted octanol–water partition coefficient (Wildman–Crippen LogP) is 6.05. The molecule has 25 heavy (non-hydrogen) atoms. The molecule has 0 amide bonds. The van der Waals surface area contributed by atoms with E-state index < -0.39 is 0 Å². The van der Waals surface area contributed by atoms with Crippen molar-refractivity contribution >= 4 is 33.5 Å². The van der Waals surface area contributed by atoms with Crippen molar-refractivity contribution in [1.29, 1.82) is 0 Å². The van der Waals surface area contributed by atoms with Gasteiger partial charge >= 0.3 is 5.97 Å². The van der Waals surface area contributed by atoms with E-state index in [1.54, 1.807) is 0 Å². The standard InChI is InChI=1S/C20H17BrClNO2/c1-3-25-20(24)19-13(2)23(17-10-8-16(22)9-11-17)12-18(19)14-4-6-15(21)7-5-14/h4-12H,3H2,1-2H3. The third kappa shape index (κ3) is 3.65. The van der Waals surface area contributed by atoms with Crippen LogP contribution in [0.15, 0.2) is 59.2 Å². The summed E-state index contributed by atoms with van der Waals surface area (Å²) < 4.78 is 8.26. The fraction of sp³-hybridized carbons (Fsp3) is 0.150. The van der Waals surface area contributed by atoms with Crippen LogP contribution in [-0.2, 0) is 4.74 Å². The molecule has 5 heteroatoms. The highest BCUT2D eigenvalue weighted by Gasteiger charge is 2.22. The van der Waals surface area contributed by atoms with Crippen LogP contribution in [0.5, 0.6) is 0 Å². The summed E-state index contributed by atoms with van der Waals surface area (Å²) in [6.45, 7) is 4.07. The smallest absolute Gasteiger partial charge is 0.340 e. The van der Waals surface area contributed by atoms with Crippen LogP contribution in [0.1, 0.15) is 23.0 Å². The normalized spacial score (nSPS) is 10.7. The van der Waals surface area contributed by atoms with Gasteiger partial charge in [-0.25, -0.2) is 4.79 Å². The van der Waals surface area contributed by atoms with Gasteiger partial charge in [0.05, 0.1) is 12.2 Å². The second kappa shape index (κ2) is 7.46. The largest absolute Gasteiger partial charge is 0.462 e. The predicted molar refractivity (Wildman–Crippen MR) is 105 cm³/mol. The topological polar surface area (TPSA) is 31.2 Å². The third-order valence-electron chi connectivity index (χ3n) is 3.99. The van der Waals surface area contributed by atoms with Crippen LogP contribution in [0.4, 0.5) is 0 Å². The van der Waals surface area contributed by atoms with E-state index in [1.807, 2.05) is 73.1 Å². The summed E-state index contributed by atoms with van der Waals surface area (Å²) >= 11 is 9.43. The Morgan fingerprint density at radius 3 is 2.36 bits per heavy atom. The van der Waals surface area contributed by atoms with Crippen molar-refractivity contribution in [2.45, 2.75) is 13.8 Å². The van der Waals surface area contributed by atoms with Crippen LogP contribution in [-0.4, -0.2) is 17.1 Å². The molecule has 2 aromatic carbocycles. The molecule has 0 aliphatic heterocycles. The number of benzene rings is 2. The van der Waals surface area contributed by atoms with Crippen molar-refractivity contribution in [3.63, 3.8) is 0 Å². The Labute approximate surface area is 160 Å². The van der Waals surface area contributed by atoms with Gasteiger partial charge in [-0.2, -0.15) is 0 Å². The molecule has 0 unspecified atom stereocenters. The Morgan fingerprint density at radius 1 is 1.12 bits per heavy atom. The molecule has 1 aromatic heterocycles. The van der Waals surface area contributed by atoms with Gasteiger partial charge in [0, 0.05) is 32.6 Å². The van der Waals surface area contributed by atoms with Crippen molar-refractivity contribution in [1.82, 2.24) is 4.57 Å². The van der Waals surface area contributed by atoms with Crippen LogP contribution >= 0.6 is 27.5 Å². The molecule has 1 heterocycles. The molecule has 0 bridgehead atoms. The number of rotatable bonds is 4. The molecule has 3 rings (SSSR count). The minimum Gasteiger partial charge on any atom is -0.462 e. The Bertz CT molecular complexity index is 899. The zero-order chi connectivity index (χ0) is 18.0. The highest BCUT2D eigenvalue weighted by Crippen LogP contribution is 2.32. The maximum Gasteiger partial charge on any atom is 0.340 e. The van der Waals surface area contributed by atoms with Gasteiger partial charge in [0.2, 0.25) is 0 Å². The Hall–Kier alpha value is -2.04. The van der Waals surface area contributed by atoms with E-state index in [0.29, 0.717) is 17.2 Å². The SMILES string of the molecule is CCOC(=O)c1c(-c2ccc(Br)cc2)cn(-c2ccc(Cl)cc2)c1C. The van der Waals surface area contributed by atoms with Gasteiger partial charge in [-0.1, -0.05) is 39.7 Å². The molecular formula is C20H17BrClNO2. The molecule has 0 atom stereocenters. The Kier molecular flexibility index (Phi) is 5.30. The number of carbonyl (C=O) groups excluding carboxylic acids is 1. The molecule has 3 nitrogen and oxygen atoms in total. The average molecular weight is 419 g/mol. The van der Waals surface area contributed by atoms with E-state index >= 15 is 0 Å². The summed E-state index contributed by atoms with van der Waals surface area (Å²) in [4.78, 5) is 12.6. The number of hydrogen-bond acceptors (Lipinski definition) is 2. The van der Waals surface area contributed by atoms with Gasteiger partial charge in [0.15, 0.2) is 0 Å². The first kappa shape index (κ1) is 17.8. The summed E-state index contributed by atoms with van der Waals surface area (Å²) in [5.41, 5.74) is 4.16. The molecule has 0 aliphatic carbocycles. The lowest BCUT2D eigenvalue weighted by Gasteiger charge is -2.07. The number of nitrogens with zero attached hydrogens (tertiary/aromatic N) is 1. The van der Waals surface area contributed by atoms with Crippen molar-refractivity contribution in [2.24, 2.45) is 0 Å². The second-order valence-electron chi connectivity index (χ2n) is 5.58. The maximum absolute atomic E-state index is 12.6. The van der Waals surface area contributed by atoms with E-state index in [4.69, 9.17) is 16.3 Å². The third-order valence-corrected chi connectivity index (χ3v) is 4.77. The first-order chi connectivity index (χ1) is 12.0. The molecular weight excluding hydrogens is 402 g/mol. The van der Waals surface area contributed by atoms with Crippen molar-refractivity contribution in [3.05, 3.63) is 75.5 Å². The number of carbonyl (C=O) groups is 1. The van der Waals surface area contributed by atoms with E-state index in [0.717, 1.165) is 27.0 Å². The lowest BCUT2D eigenvalue weighted by atomic mass is 10.0. The van der Waals surface area contributed by atoms with E-state index in [1.165, 1.54) is 0 Å². The minimum atomic E-state index is -0.314. The molecule has 0 radical (unpaired) electrons. The lowest BCUT2D eigenvalue weighted by Crippen LogP contribution is -2.07. The quantitative estimate of drug-likeness (QED) is 0.483. The summed E-state index contributed by atoms with van der Waals surface area (Å²) in [6.07, 6.45) is 1.97. The molecule has 0 N–H and O–H groups in total. The maximum atomic E-state index is 12.6. The van der Waals surface area contributed by atoms with Crippen molar-refractivity contribution < 1.29 is 9.53 Å². The monoisotopic (exact) mass is 417 g/mol. The fourth-order valence-electron chi connectivity index (χ4n) is 2.78. The molecule has 0 aliphatic rings. The van der Waals surface area contributed by atoms with Gasteiger partial charge in [0.25, 0.3) is 0 Å². The minimum absolute atomic E-state index is 0.314. The second-order valence-corrected chi connectivity index (χ2v) is 6.93. The molecule has 128 valence electrons. The van der Waals surface area contributed by atoms with Crippen LogP contribution in [0.25, 0.3) is 16.8 Å². The molecule has 0 saturated carbocycles. The van der Waals surface area contributed by atoms with Crippen LogP contribution in [0.2, 0.25) is 5.02 Å². The van der Waals surface area contributed by atoms with E-state index in [-0.39, 0.29) is 5.97 Å². The number of esters is 1. The summed E-state index contributed by atoms with van der Waals surface area (Å²) in [5.74, 6) is -0.314. The van der Waals surface area contributed by atoms with Gasteiger partial charge < -0.3 is 9.30 Å². The highest BCUT2D eigenvalue weighted by atomic mass is 79.9. The highest BCUT2D eigenvalue weighted by molar-refractivity contribution is 9.10. The Balaban J connectivity index is 2.18. The first-order valence-electron chi connectivity index (χ1n) is 7.92.